The molecule has 154 valence electrons. The van der Waals surface area contributed by atoms with Crippen LogP contribution in [0.3, 0.4) is 0 Å². The number of methoxy groups -OCH3 is 1. The van der Waals surface area contributed by atoms with Crippen molar-refractivity contribution in [2.45, 2.75) is 33.1 Å². The van der Waals surface area contributed by atoms with E-state index in [9.17, 15) is 4.79 Å². The van der Waals surface area contributed by atoms with Crippen LogP contribution in [-0.2, 0) is 11.2 Å². The fourth-order valence-corrected chi connectivity index (χ4v) is 4.55. The number of hydrogen-bond acceptors (Lipinski definition) is 5. The third kappa shape index (κ3) is 4.88. The zero-order valence-electron chi connectivity index (χ0n) is 17.2. The van der Waals surface area contributed by atoms with Crippen LogP contribution in [0, 0.1) is 5.41 Å². The van der Waals surface area contributed by atoms with Crippen molar-refractivity contribution in [3.63, 3.8) is 0 Å². The zero-order valence-corrected chi connectivity index (χ0v) is 18.1. The maximum Gasteiger partial charge on any atom is 0.226 e. The van der Waals surface area contributed by atoms with Gasteiger partial charge in [-0.05, 0) is 37.1 Å². The number of aromatic nitrogens is 1. The quantitative estimate of drug-likeness (QED) is 0.484. The number of carbonyl (C=O) groups excluding carboxylic acids is 1. The van der Waals surface area contributed by atoms with Crippen LogP contribution < -0.4 is 14.8 Å². The van der Waals surface area contributed by atoms with E-state index < -0.39 is 5.41 Å². The van der Waals surface area contributed by atoms with E-state index in [-0.39, 0.29) is 5.91 Å². The van der Waals surface area contributed by atoms with E-state index in [1.54, 1.807) is 18.4 Å². The van der Waals surface area contributed by atoms with E-state index in [0.29, 0.717) is 31.1 Å². The van der Waals surface area contributed by atoms with Gasteiger partial charge < -0.3 is 14.8 Å². The lowest BCUT2D eigenvalue weighted by Crippen LogP contribution is -2.43. The van der Waals surface area contributed by atoms with Crippen molar-refractivity contribution < 1.29 is 14.3 Å². The van der Waals surface area contributed by atoms with Gasteiger partial charge in [0, 0.05) is 6.42 Å². The second kappa shape index (κ2) is 9.74. The Hall–Kier alpha value is -2.60. The molecule has 0 bridgehead atoms. The number of nitrogens with zero attached hydrogens (tertiary/aromatic N) is 1. The first-order valence-corrected chi connectivity index (χ1v) is 10.8. The van der Waals surface area contributed by atoms with Crippen molar-refractivity contribution in [3.05, 3.63) is 53.5 Å². The summed E-state index contributed by atoms with van der Waals surface area (Å²) in [5.41, 5.74) is 0.539. The Kier molecular flexibility index (Phi) is 7.09. The minimum atomic E-state index is -0.460. The van der Waals surface area contributed by atoms with Gasteiger partial charge in [0.1, 0.15) is 6.61 Å². The van der Waals surface area contributed by atoms with Crippen LogP contribution in [0.15, 0.2) is 48.5 Å². The Morgan fingerprint density at radius 3 is 2.45 bits per heavy atom. The lowest BCUT2D eigenvalue weighted by molar-refractivity contribution is -0.131. The van der Waals surface area contributed by atoms with E-state index in [1.807, 2.05) is 42.5 Å². The fourth-order valence-electron chi connectivity index (χ4n) is 3.44. The van der Waals surface area contributed by atoms with Crippen LogP contribution in [0.2, 0.25) is 0 Å². The number of carbonyl (C=O) groups is 1. The topological polar surface area (TPSA) is 60.5 Å². The number of thiazole rings is 1. The molecule has 3 aromatic rings. The van der Waals surface area contributed by atoms with Crippen LogP contribution in [-0.4, -0.2) is 31.2 Å². The summed E-state index contributed by atoms with van der Waals surface area (Å²) in [7, 11) is 1.61. The summed E-state index contributed by atoms with van der Waals surface area (Å²) in [5, 5.41) is 4.07. The van der Waals surface area contributed by atoms with Gasteiger partial charge in [0.05, 0.1) is 34.3 Å². The molecule has 1 N–H and O–H groups in total. The number of nitrogens with one attached hydrogen (secondary N) is 1. The molecule has 29 heavy (non-hydrogen) atoms. The largest absolute Gasteiger partial charge is 0.493 e. The molecule has 0 fully saturated rings. The van der Waals surface area contributed by atoms with Gasteiger partial charge in [-0.3, -0.25) is 4.79 Å². The zero-order chi connectivity index (χ0) is 20.7. The second-order valence-corrected chi connectivity index (χ2v) is 8.11. The molecule has 3 rings (SSSR count). The molecule has 0 aliphatic rings. The van der Waals surface area contributed by atoms with E-state index in [2.05, 4.69) is 25.2 Å². The summed E-state index contributed by atoms with van der Waals surface area (Å²) in [6.07, 6.45) is 2.18. The Labute approximate surface area is 176 Å². The number of ether oxygens (including phenoxy) is 2. The van der Waals surface area contributed by atoms with E-state index in [4.69, 9.17) is 14.5 Å². The van der Waals surface area contributed by atoms with Crippen molar-refractivity contribution in [3.8, 4) is 11.5 Å². The Morgan fingerprint density at radius 2 is 1.76 bits per heavy atom. The molecule has 0 aliphatic heterocycles. The standard InChI is InChI=1S/C23H28N2O3S/c1-4-23(5-2,16-21-25-17-10-6-9-13-20(17)29-21)22(26)24-14-15-28-19-12-8-7-11-18(19)27-3/h6-13H,4-5,14-16H2,1-3H3,(H,24,26). The minimum absolute atomic E-state index is 0.0605. The van der Waals surface area contributed by atoms with E-state index in [1.165, 1.54) is 0 Å². The molecule has 0 unspecified atom stereocenters. The lowest BCUT2D eigenvalue weighted by atomic mass is 9.78. The molecule has 1 amide bonds. The van der Waals surface area contributed by atoms with Gasteiger partial charge in [-0.25, -0.2) is 4.98 Å². The number of hydrogen-bond donors (Lipinski definition) is 1. The van der Waals surface area contributed by atoms with Crippen molar-refractivity contribution in [1.29, 1.82) is 0 Å². The first kappa shape index (κ1) is 21.1. The van der Waals surface area contributed by atoms with Gasteiger partial charge >= 0.3 is 0 Å². The highest BCUT2D eigenvalue weighted by Gasteiger charge is 2.35. The van der Waals surface area contributed by atoms with Gasteiger partial charge in [0.2, 0.25) is 5.91 Å². The number of fused-ring (bicyclic) bond motifs is 1. The average Bonchev–Trinajstić information content (AvgIpc) is 3.17. The maximum atomic E-state index is 13.1. The van der Waals surface area contributed by atoms with Crippen LogP contribution in [0.5, 0.6) is 11.5 Å². The number of para-hydroxylation sites is 3. The Balaban J connectivity index is 1.61. The number of amides is 1. The smallest absolute Gasteiger partial charge is 0.226 e. The Bertz CT molecular complexity index is 917. The van der Waals surface area contributed by atoms with Crippen LogP contribution >= 0.6 is 11.3 Å². The minimum Gasteiger partial charge on any atom is -0.493 e. The van der Waals surface area contributed by atoms with Crippen LogP contribution in [0.25, 0.3) is 10.2 Å². The second-order valence-electron chi connectivity index (χ2n) is 6.99. The molecule has 0 saturated heterocycles. The third-order valence-electron chi connectivity index (χ3n) is 5.38. The molecule has 1 heterocycles. The first-order chi connectivity index (χ1) is 14.1. The molecule has 0 atom stereocenters. The maximum absolute atomic E-state index is 13.1. The average molecular weight is 413 g/mol. The van der Waals surface area contributed by atoms with E-state index in [0.717, 1.165) is 28.1 Å². The molecule has 0 saturated carbocycles. The molecule has 1 aromatic heterocycles. The third-order valence-corrected chi connectivity index (χ3v) is 6.41. The van der Waals surface area contributed by atoms with Crippen molar-refractivity contribution >= 4 is 27.5 Å². The highest BCUT2D eigenvalue weighted by Crippen LogP contribution is 2.34. The normalized spacial score (nSPS) is 11.4. The van der Waals surface area contributed by atoms with Gasteiger partial charge in [-0.2, -0.15) is 0 Å². The lowest BCUT2D eigenvalue weighted by Gasteiger charge is -2.29. The summed E-state index contributed by atoms with van der Waals surface area (Å²) < 4.78 is 12.2. The predicted octanol–water partition coefficient (Wildman–Crippen LogP) is 4.85. The Morgan fingerprint density at radius 1 is 1.07 bits per heavy atom. The van der Waals surface area contributed by atoms with Gasteiger partial charge in [-0.15, -0.1) is 11.3 Å². The molecule has 5 nitrogen and oxygen atoms in total. The monoisotopic (exact) mass is 412 g/mol. The molecular formula is C23H28N2O3S. The summed E-state index contributed by atoms with van der Waals surface area (Å²) in [4.78, 5) is 17.8. The van der Waals surface area contributed by atoms with Crippen molar-refractivity contribution in [2.24, 2.45) is 5.41 Å². The molecule has 0 spiro atoms. The summed E-state index contributed by atoms with van der Waals surface area (Å²) in [6, 6.07) is 15.6. The first-order valence-electron chi connectivity index (χ1n) is 10.0. The molecule has 2 aromatic carbocycles. The molecule has 6 heteroatoms. The van der Waals surface area contributed by atoms with E-state index >= 15 is 0 Å². The van der Waals surface area contributed by atoms with Gasteiger partial charge in [0.15, 0.2) is 11.5 Å². The number of benzene rings is 2. The van der Waals surface area contributed by atoms with Crippen molar-refractivity contribution in [1.82, 2.24) is 10.3 Å². The van der Waals surface area contributed by atoms with Gasteiger partial charge in [-0.1, -0.05) is 38.1 Å². The van der Waals surface area contributed by atoms with Gasteiger partial charge in [0.25, 0.3) is 0 Å². The molecule has 0 radical (unpaired) electrons. The predicted molar refractivity (Wildman–Crippen MR) is 118 cm³/mol. The molecular weight excluding hydrogens is 384 g/mol. The highest BCUT2D eigenvalue weighted by molar-refractivity contribution is 7.18. The number of rotatable bonds is 10. The fraction of sp³-hybridized carbons (Fsp3) is 0.391. The summed E-state index contributed by atoms with van der Waals surface area (Å²) >= 11 is 1.67. The highest BCUT2D eigenvalue weighted by atomic mass is 32.1. The summed E-state index contributed by atoms with van der Waals surface area (Å²) in [6.45, 7) is 4.97. The summed E-state index contributed by atoms with van der Waals surface area (Å²) in [5.74, 6) is 1.42. The van der Waals surface area contributed by atoms with Crippen LogP contribution in [0.4, 0.5) is 0 Å². The van der Waals surface area contributed by atoms with Crippen molar-refractivity contribution in [2.75, 3.05) is 20.3 Å². The van der Waals surface area contributed by atoms with Crippen LogP contribution in [0.1, 0.15) is 31.7 Å². The SMILES string of the molecule is CCC(CC)(Cc1nc2ccccc2s1)C(=O)NCCOc1ccccc1OC. The molecule has 0 aliphatic carbocycles.